The van der Waals surface area contributed by atoms with Gasteiger partial charge in [-0.05, 0) is 62.9 Å². The number of hydrogen-bond acceptors (Lipinski definition) is 2. The fourth-order valence-electron chi connectivity index (χ4n) is 2.40. The van der Waals surface area contributed by atoms with Crippen LogP contribution in [0.5, 0.6) is 5.75 Å². The highest BCUT2D eigenvalue weighted by molar-refractivity contribution is 6.32. The number of ether oxygens (including phenoxy) is 1. The molecule has 110 valence electrons. The first-order valence-corrected chi connectivity index (χ1v) is 7.94. The van der Waals surface area contributed by atoms with Gasteiger partial charge < -0.3 is 10.1 Å². The molecule has 2 atom stereocenters. The molecule has 1 N–H and O–H groups in total. The number of allylic oxidation sites excluding steroid dienone is 1. The van der Waals surface area contributed by atoms with Crippen LogP contribution < -0.4 is 10.1 Å². The number of halogens is 1. The second-order valence-corrected chi connectivity index (χ2v) is 5.79. The largest absolute Gasteiger partial charge is 0.485 e. The minimum atomic E-state index is 0.169. The first-order valence-electron chi connectivity index (χ1n) is 7.57. The van der Waals surface area contributed by atoms with Crippen molar-refractivity contribution in [1.82, 2.24) is 5.32 Å². The first-order chi connectivity index (χ1) is 9.70. The van der Waals surface area contributed by atoms with Gasteiger partial charge in [0.1, 0.15) is 11.9 Å². The Hall–Kier alpha value is -0.990. The minimum absolute atomic E-state index is 0.169. The smallest absolute Gasteiger partial charge is 0.138 e. The fraction of sp³-hybridized carbons (Fsp3) is 0.529. The summed E-state index contributed by atoms with van der Waals surface area (Å²) in [6.45, 7) is 5.34. The summed E-state index contributed by atoms with van der Waals surface area (Å²) in [5, 5.41) is 4.17. The van der Waals surface area contributed by atoms with E-state index >= 15 is 0 Å². The zero-order valence-electron chi connectivity index (χ0n) is 12.4. The topological polar surface area (TPSA) is 21.3 Å². The Morgan fingerprint density at radius 3 is 2.95 bits per heavy atom. The summed E-state index contributed by atoms with van der Waals surface area (Å²) < 4.78 is 5.96. The van der Waals surface area contributed by atoms with Crippen molar-refractivity contribution in [1.29, 1.82) is 0 Å². The van der Waals surface area contributed by atoms with Gasteiger partial charge in [-0.15, -0.1) is 0 Å². The Morgan fingerprint density at radius 1 is 1.45 bits per heavy atom. The van der Waals surface area contributed by atoms with Gasteiger partial charge in [0, 0.05) is 6.04 Å². The lowest BCUT2D eigenvalue weighted by molar-refractivity contribution is 0.230. The Bertz CT molecular complexity index is 458. The quantitative estimate of drug-likeness (QED) is 0.754. The summed E-state index contributed by atoms with van der Waals surface area (Å²) in [5.41, 5.74) is 1.20. The molecule has 2 rings (SSSR count). The van der Waals surface area contributed by atoms with Crippen LogP contribution >= 0.6 is 11.6 Å². The van der Waals surface area contributed by atoms with E-state index in [-0.39, 0.29) is 6.10 Å². The van der Waals surface area contributed by atoms with Crippen molar-refractivity contribution in [3.63, 3.8) is 0 Å². The minimum Gasteiger partial charge on any atom is -0.485 e. The molecule has 1 aliphatic carbocycles. The van der Waals surface area contributed by atoms with E-state index in [0.29, 0.717) is 11.1 Å². The molecule has 0 heterocycles. The zero-order valence-corrected chi connectivity index (χ0v) is 13.1. The van der Waals surface area contributed by atoms with Gasteiger partial charge >= 0.3 is 0 Å². The molecule has 0 radical (unpaired) electrons. The molecule has 0 amide bonds. The van der Waals surface area contributed by atoms with E-state index in [4.69, 9.17) is 16.3 Å². The summed E-state index contributed by atoms with van der Waals surface area (Å²) in [7, 11) is 0. The highest BCUT2D eigenvalue weighted by Gasteiger charge is 2.13. The third kappa shape index (κ3) is 4.26. The maximum absolute atomic E-state index is 6.35. The molecule has 0 bridgehead atoms. The van der Waals surface area contributed by atoms with Gasteiger partial charge in [0.15, 0.2) is 0 Å². The first kappa shape index (κ1) is 15.4. The van der Waals surface area contributed by atoms with Crippen molar-refractivity contribution < 1.29 is 4.74 Å². The van der Waals surface area contributed by atoms with Gasteiger partial charge in [0.25, 0.3) is 0 Å². The van der Waals surface area contributed by atoms with Crippen LogP contribution in [0.4, 0.5) is 0 Å². The van der Waals surface area contributed by atoms with Gasteiger partial charge in [-0.3, -0.25) is 0 Å². The monoisotopic (exact) mass is 293 g/mol. The molecule has 2 unspecified atom stereocenters. The van der Waals surface area contributed by atoms with E-state index in [1.807, 2.05) is 12.1 Å². The van der Waals surface area contributed by atoms with Gasteiger partial charge in [0.2, 0.25) is 0 Å². The van der Waals surface area contributed by atoms with Gasteiger partial charge in [0.05, 0.1) is 5.02 Å². The van der Waals surface area contributed by atoms with E-state index in [2.05, 4.69) is 37.4 Å². The van der Waals surface area contributed by atoms with E-state index in [9.17, 15) is 0 Å². The SMILES string of the molecule is CCCNC(C)c1ccc(OC2C=CCCC2)c(Cl)c1. The Kier molecular flexibility index (Phi) is 5.93. The molecule has 0 saturated carbocycles. The van der Waals surface area contributed by atoms with Crippen molar-refractivity contribution in [2.24, 2.45) is 0 Å². The molecule has 20 heavy (non-hydrogen) atoms. The fourth-order valence-corrected chi connectivity index (χ4v) is 2.64. The number of rotatable bonds is 6. The van der Waals surface area contributed by atoms with Crippen LogP contribution in [0.1, 0.15) is 51.1 Å². The van der Waals surface area contributed by atoms with E-state index in [1.165, 1.54) is 12.0 Å². The molecule has 0 aliphatic heterocycles. The van der Waals surface area contributed by atoms with Crippen molar-refractivity contribution in [2.75, 3.05) is 6.54 Å². The van der Waals surface area contributed by atoms with E-state index in [1.54, 1.807) is 0 Å². The Balaban J connectivity index is 2.01. The summed E-state index contributed by atoms with van der Waals surface area (Å²) in [5.74, 6) is 0.787. The molecule has 0 saturated heterocycles. The number of nitrogens with one attached hydrogen (secondary N) is 1. The average Bonchev–Trinajstić information content (AvgIpc) is 2.48. The molecule has 3 heteroatoms. The van der Waals surface area contributed by atoms with Crippen LogP contribution in [0.15, 0.2) is 30.4 Å². The predicted molar refractivity (Wildman–Crippen MR) is 85.6 cm³/mol. The summed E-state index contributed by atoms with van der Waals surface area (Å²) in [6.07, 6.45) is 9.05. The van der Waals surface area contributed by atoms with Crippen molar-refractivity contribution in [2.45, 2.75) is 51.7 Å². The van der Waals surface area contributed by atoms with Crippen LogP contribution in [-0.2, 0) is 0 Å². The second kappa shape index (κ2) is 7.70. The summed E-state index contributed by atoms with van der Waals surface area (Å²) in [4.78, 5) is 0. The molecule has 0 spiro atoms. The lowest BCUT2D eigenvalue weighted by Crippen LogP contribution is -2.19. The van der Waals surface area contributed by atoms with Gasteiger partial charge in [-0.2, -0.15) is 0 Å². The van der Waals surface area contributed by atoms with Crippen molar-refractivity contribution in [3.05, 3.63) is 40.9 Å². The van der Waals surface area contributed by atoms with Crippen LogP contribution in [0.25, 0.3) is 0 Å². The molecule has 1 aromatic rings. The lowest BCUT2D eigenvalue weighted by atomic mass is 10.1. The summed E-state index contributed by atoms with van der Waals surface area (Å²) >= 11 is 6.35. The normalized spacial score (nSPS) is 19.9. The third-order valence-corrected chi connectivity index (χ3v) is 3.94. The molecule has 0 fully saturated rings. The van der Waals surface area contributed by atoms with Crippen LogP contribution in [-0.4, -0.2) is 12.6 Å². The molecule has 1 aliphatic rings. The zero-order chi connectivity index (χ0) is 14.4. The molecule has 0 aromatic heterocycles. The van der Waals surface area contributed by atoms with Gasteiger partial charge in [-0.1, -0.05) is 30.7 Å². The summed E-state index contributed by atoms with van der Waals surface area (Å²) in [6, 6.07) is 6.42. The second-order valence-electron chi connectivity index (χ2n) is 5.38. The van der Waals surface area contributed by atoms with E-state index < -0.39 is 0 Å². The predicted octanol–water partition coefficient (Wildman–Crippen LogP) is 4.89. The third-order valence-electron chi connectivity index (χ3n) is 3.64. The van der Waals surface area contributed by atoms with Crippen LogP contribution in [0.2, 0.25) is 5.02 Å². The van der Waals surface area contributed by atoms with Crippen LogP contribution in [0, 0.1) is 0 Å². The highest BCUT2D eigenvalue weighted by Crippen LogP contribution is 2.30. The van der Waals surface area contributed by atoms with Crippen LogP contribution in [0.3, 0.4) is 0 Å². The molecular weight excluding hydrogens is 270 g/mol. The number of hydrogen-bond donors (Lipinski definition) is 1. The Morgan fingerprint density at radius 2 is 2.30 bits per heavy atom. The maximum Gasteiger partial charge on any atom is 0.138 e. The lowest BCUT2D eigenvalue weighted by Gasteiger charge is -2.20. The average molecular weight is 294 g/mol. The highest BCUT2D eigenvalue weighted by atomic mass is 35.5. The van der Waals surface area contributed by atoms with Crippen molar-refractivity contribution in [3.8, 4) is 5.75 Å². The standard InChI is InChI=1S/C17H24ClNO/c1-3-11-19-13(2)14-9-10-17(16(18)12-14)20-15-7-5-4-6-8-15/h5,7,9-10,12-13,15,19H,3-4,6,8,11H2,1-2H3. The van der Waals surface area contributed by atoms with E-state index in [0.717, 1.165) is 31.6 Å². The Labute approximate surface area is 127 Å². The molecule has 1 aromatic carbocycles. The number of benzene rings is 1. The maximum atomic E-state index is 6.35. The molecule has 2 nitrogen and oxygen atoms in total. The molecular formula is C17H24ClNO. The van der Waals surface area contributed by atoms with Crippen molar-refractivity contribution >= 4 is 11.6 Å². The van der Waals surface area contributed by atoms with Gasteiger partial charge in [-0.25, -0.2) is 0 Å².